The molecule has 0 unspecified atom stereocenters. The fourth-order valence-corrected chi connectivity index (χ4v) is 1.80. The Balaban J connectivity index is 2.76. The first kappa shape index (κ1) is 13.0. The molecule has 0 saturated carbocycles. The smallest absolute Gasteiger partial charge is 0.380 e. The standard InChI is InChI=1S/C12H9NO3S/c1-2-16-12(15)11(14)10-7-6-9(17-10)5-3-4-8-13/h6-7H,2,4H2,1H3. The van der Waals surface area contributed by atoms with E-state index in [1.807, 2.05) is 6.07 Å². The highest BCUT2D eigenvalue weighted by molar-refractivity contribution is 7.15. The van der Waals surface area contributed by atoms with E-state index in [1.165, 1.54) is 6.07 Å². The highest BCUT2D eigenvalue weighted by Gasteiger charge is 2.18. The number of ether oxygens (including phenoxy) is 1. The molecule has 17 heavy (non-hydrogen) atoms. The number of esters is 1. The first-order chi connectivity index (χ1) is 8.19. The number of ketones is 1. The maximum Gasteiger partial charge on any atom is 0.380 e. The summed E-state index contributed by atoms with van der Waals surface area (Å²) in [7, 11) is 0. The molecule has 5 heteroatoms. The van der Waals surface area contributed by atoms with Crippen LogP contribution in [0.15, 0.2) is 12.1 Å². The normalized spacial score (nSPS) is 8.71. The second kappa shape index (κ2) is 6.47. The van der Waals surface area contributed by atoms with Crippen molar-refractivity contribution < 1.29 is 14.3 Å². The molecule has 0 amide bonds. The third kappa shape index (κ3) is 3.75. The fraction of sp³-hybridized carbons (Fsp3) is 0.250. The Labute approximate surface area is 103 Å². The van der Waals surface area contributed by atoms with Gasteiger partial charge in [-0.15, -0.1) is 11.3 Å². The van der Waals surface area contributed by atoms with E-state index in [1.54, 1.807) is 13.0 Å². The number of hydrogen-bond acceptors (Lipinski definition) is 5. The molecule has 1 heterocycles. The number of carbonyl (C=O) groups excluding carboxylic acids is 2. The average molecular weight is 247 g/mol. The minimum Gasteiger partial charge on any atom is -0.460 e. The predicted molar refractivity (Wildman–Crippen MR) is 62.4 cm³/mol. The lowest BCUT2D eigenvalue weighted by molar-refractivity contribution is -0.137. The molecule has 0 bridgehead atoms. The maximum absolute atomic E-state index is 11.5. The van der Waals surface area contributed by atoms with E-state index < -0.39 is 11.8 Å². The number of rotatable bonds is 3. The van der Waals surface area contributed by atoms with Crippen molar-refractivity contribution in [1.29, 1.82) is 5.26 Å². The molecule has 1 rings (SSSR count). The van der Waals surface area contributed by atoms with Crippen LogP contribution in [0.4, 0.5) is 0 Å². The molecule has 4 nitrogen and oxygen atoms in total. The number of nitrogens with zero attached hydrogens (tertiary/aromatic N) is 1. The topological polar surface area (TPSA) is 67.2 Å². The van der Waals surface area contributed by atoms with Crippen LogP contribution in [0.2, 0.25) is 0 Å². The molecule has 86 valence electrons. The largest absolute Gasteiger partial charge is 0.460 e. The van der Waals surface area contributed by atoms with E-state index in [0.717, 1.165) is 11.3 Å². The van der Waals surface area contributed by atoms with Crippen LogP contribution < -0.4 is 0 Å². The highest BCUT2D eigenvalue weighted by atomic mass is 32.1. The summed E-state index contributed by atoms with van der Waals surface area (Å²) in [6.45, 7) is 1.81. The lowest BCUT2D eigenvalue weighted by Crippen LogP contribution is -2.16. The second-order valence-corrected chi connectivity index (χ2v) is 3.93. The van der Waals surface area contributed by atoms with Gasteiger partial charge in [0.1, 0.15) is 0 Å². The summed E-state index contributed by atoms with van der Waals surface area (Å²) in [5.74, 6) is 3.85. The van der Waals surface area contributed by atoms with E-state index in [0.29, 0.717) is 9.75 Å². The fourth-order valence-electron chi connectivity index (χ4n) is 0.995. The van der Waals surface area contributed by atoms with Crippen LogP contribution in [-0.2, 0) is 9.53 Å². The number of Topliss-reactive ketones (excluding diaryl/α,β-unsaturated/α-hetero) is 1. The molecule has 0 aliphatic heterocycles. The van der Waals surface area contributed by atoms with Gasteiger partial charge in [-0.2, -0.15) is 5.26 Å². The molecule has 0 N–H and O–H groups in total. The highest BCUT2D eigenvalue weighted by Crippen LogP contribution is 2.16. The van der Waals surface area contributed by atoms with Crippen LogP contribution >= 0.6 is 11.3 Å². The van der Waals surface area contributed by atoms with Gasteiger partial charge in [-0.3, -0.25) is 4.79 Å². The second-order valence-electron chi connectivity index (χ2n) is 2.85. The maximum atomic E-state index is 11.5. The number of carbonyl (C=O) groups is 2. The van der Waals surface area contributed by atoms with E-state index in [2.05, 4.69) is 16.6 Å². The number of hydrogen-bond donors (Lipinski definition) is 0. The lowest BCUT2D eigenvalue weighted by atomic mass is 10.3. The predicted octanol–water partition coefficient (Wildman–Crippen LogP) is 1.76. The van der Waals surface area contributed by atoms with Gasteiger partial charge in [0.2, 0.25) is 0 Å². The van der Waals surface area contributed by atoms with Crippen molar-refractivity contribution in [2.24, 2.45) is 0 Å². The zero-order valence-electron chi connectivity index (χ0n) is 9.15. The quantitative estimate of drug-likeness (QED) is 0.353. The Morgan fingerprint density at radius 1 is 1.47 bits per heavy atom. The van der Waals surface area contributed by atoms with Gasteiger partial charge in [-0.1, -0.05) is 11.8 Å². The Morgan fingerprint density at radius 3 is 2.88 bits per heavy atom. The minimum absolute atomic E-state index is 0.138. The molecule has 1 aromatic rings. The monoisotopic (exact) mass is 247 g/mol. The van der Waals surface area contributed by atoms with Gasteiger partial charge in [0, 0.05) is 0 Å². The first-order valence-electron chi connectivity index (χ1n) is 4.86. The van der Waals surface area contributed by atoms with E-state index >= 15 is 0 Å². The van der Waals surface area contributed by atoms with Crippen molar-refractivity contribution in [2.45, 2.75) is 13.3 Å². The van der Waals surface area contributed by atoms with Crippen LogP contribution in [0.25, 0.3) is 0 Å². The van der Waals surface area contributed by atoms with Crippen LogP contribution in [0, 0.1) is 23.2 Å². The molecule has 0 atom stereocenters. The zero-order chi connectivity index (χ0) is 12.7. The summed E-state index contributed by atoms with van der Waals surface area (Å²) in [5, 5.41) is 8.31. The van der Waals surface area contributed by atoms with Crippen LogP contribution in [-0.4, -0.2) is 18.4 Å². The van der Waals surface area contributed by atoms with Crippen LogP contribution in [0.3, 0.4) is 0 Å². The summed E-state index contributed by atoms with van der Waals surface area (Å²) in [4.78, 5) is 23.6. The van der Waals surface area contributed by atoms with Crippen molar-refractivity contribution in [3.63, 3.8) is 0 Å². The van der Waals surface area contributed by atoms with E-state index in [9.17, 15) is 9.59 Å². The average Bonchev–Trinajstić information content (AvgIpc) is 2.77. The van der Waals surface area contributed by atoms with Crippen molar-refractivity contribution >= 4 is 23.1 Å². The van der Waals surface area contributed by atoms with Gasteiger partial charge in [0.25, 0.3) is 5.78 Å². The summed E-state index contributed by atoms with van der Waals surface area (Å²) >= 11 is 1.11. The van der Waals surface area contributed by atoms with Gasteiger partial charge in [-0.25, -0.2) is 4.79 Å². The van der Waals surface area contributed by atoms with Crippen LogP contribution in [0.1, 0.15) is 27.9 Å². The Morgan fingerprint density at radius 2 is 2.24 bits per heavy atom. The summed E-state index contributed by atoms with van der Waals surface area (Å²) in [6.07, 6.45) is 0.138. The molecule has 1 aromatic heterocycles. The van der Waals surface area contributed by atoms with E-state index in [4.69, 9.17) is 5.26 Å². The molecule has 0 aliphatic carbocycles. The summed E-state index contributed by atoms with van der Waals surface area (Å²) < 4.78 is 4.60. The molecular formula is C12H9NO3S. The van der Waals surface area contributed by atoms with Gasteiger partial charge in [0.05, 0.1) is 28.9 Å². The third-order valence-corrected chi connectivity index (χ3v) is 2.67. The summed E-state index contributed by atoms with van der Waals surface area (Å²) in [5.41, 5.74) is 0. The Hall–Kier alpha value is -2.11. The van der Waals surface area contributed by atoms with Gasteiger partial charge in [-0.05, 0) is 19.1 Å². The molecule has 0 spiro atoms. The molecule has 0 saturated heterocycles. The minimum atomic E-state index is -0.856. The summed E-state index contributed by atoms with van der Waals surface area (Å²) in [6, 6.07) is 5.06. The zero-order valence-corrected chi connectivity index (χ0v) is 9.97. The van der Waals surface area contributed by atoms with Crippen molar-refractivity contribution in [2.75, 3.05) is 6.61 Å². The lowest BCUT2D eigenvalue weighted by Gasteiger charge is -1.96. The van der Waals surface area contributed by atoms with Crippen molar-refractivity contribution in [1.82, 2.24) is 0 Å². The van der Waals surface area contributed by atoms with Crippen molar-refractivity contribution in [3.8, 4) is 17.9 Å². The van der Waals surface area contributed by atoms with Gasteiger partial charge in [0.15, 0.2) is 0 Å². The Bertz CT molecular complexity index is 528. The van der Waals surface area contributed by atoms with Crippen LogP contribution in [0.5, 0.6) is 0 Å². The molecule has 0 radical (unpaired) electrons. The molecule has 0 fully saturated rings. The first-order valence-corrected chi connectivity index (χ1v) is 5.67. The van der Waals surface area contributed by atoms with E-state index in [-0.39, 0.29) is 13.0 Å². The molecule has 0 aliphatic rings. The van der Waals surface area contributed by atoms with Crippen molar-refractivity contribution in [3.05, 3.63) is 21.9 Å². The van der Waals surface area contributed by atoms with Gasteiger partial charge < -0.3 is 4.74 Å². The number of thiophene rings is 1. The Kier molecular flexibility index (Phi) is 4.93. The molecule has 0 aromatic carbocycles. The van der Waals surface area contributed by atoms with Gasteiger partial charge >= 0.3 is 5.97 Å². The molecular weight excluding hydrogens is 238 g/mol. The third-order valence-electron chi connectivity index (χ3n) is 1.67. The SMILES string of the molecule is CCOC(=O)C(=O)c1ccc(C#CCC#N)s1. The number of nitriles is 1.